The lowest BCUT2D eigenvalue weighted by molar-refractivity contribution is -0.147. The van der Waals surface area contributed by atoms with E-state index in [-0.39, 0.29) is 11.4 Å². The lowest BCUT2D eigenvalue weighted by atomic mass is 10.0. The molecule has 0 saturated carbocycles. The predicted molar refractivity (Wildman–Crippen MR) is 73.1 cm³/mol. The smallest absolute Gasteiger partial charge is 0.225 e. The molecule has 5 nitrogen and oxygen atoms in total. The largest absolute Gasteiger partial charge is 0.378 e. The van der Waals surface area contributed by atoms with Gasteiger partial charge < -0.3 is 19.7 Å². The Hall–Kier alpha value is -0.650. The molecule has 1 amide bonds. The van der Waals surface area contributed by atoms with Gasteiger partial charge in [-0.1, -0.05) is 0 Å². The van der Waals surface area contributed by atoms with Crippen molar-refractivity contribution in [3.63, 3.8) is 0 Å². The highest BCUT2D eigenvalue weighted by Gasteiger charge is 2.33. The van der Waals surface area contributed by atoms with E-state index in [1.165, 1.54) is 0 Å². The van der Waals surface area contributed by atoms with Gasteiger partial charge in [-0.2, -0.15) is 0 Å². The zero-order valence-electron chi connectivity index (χ0n) is 12.1. The van der Waals surface area contributed by atoms with Gasteiger partial charge in [0.05, 0.1) is 37.9 Å². The fourth-order valence-corrected chi connectivity index (χ4v) is 2.73. The first kappa shape index (κ1) is 14.8. The molecule has 2 saturated heterocycles. The van der Waals surface area contributed by atoms with Gasteiger partial charge in [0.1, 0.15) is 0 Å². The number of nitrogens with zero attached hydrogens (tertiary/aromatic N) is 1. The Labute approximate surface area is 115 Å². The van der Waals surface area contributed by atoms with Crippen LogP contribution in [0.15, 0.2) is 0 Å². The number of ether oxygens (including phenoxy) is 2. The van der Waals surface area contributed by atoms with Crippen LogP contribution in [0.4, 0.5) is 0 Å². The highest BCUT2D eigenvalue weighted by atomic mass is 16.5. The molecule has 0 aromatic carbocycles. The normalized spacial score (nSPS) is 24.4. The van der Waals surface area contributed by atoms with Gasteiger partial charge in [0, 0.05) is 6.54 Å². The average Bonchev–Trinajstić information content (AvgIpc) is 2.39. The third-order valence-electron chi connectivity index (χ3n) is 3.90. The molecule has 0 aromatic rings. The number of hydrogen-bond acceptors (Lipinski definition) is 4. The van der Waals surface area contributed by atoms with Crippen molar-refractivity contribution in [3.8, 4) is 0 Å². The van der Waals surface area contributed by atoms with Crippen LogP contribution >= 0.6 is 0 Å². The van der Waals surface area contributed by atoms with Crippen LogP contribution in [-0.2, 0) is 14.3 Å². The van der Waals surface area contributed by atoms with Crippen LogP contribution in [-0.4, -0.2) is 61.9 Å². The van der Waals surface area contributed by atoms with Crippen molar-refractivity contribution in [2.75, 3.05) is 39.5 Å². The minimum absolute atomic E-state index is 0.183. The third kappa shape index (κ3) is 4.16. The average molecular weight is 270 g/mol. The summed E-state index contributed by atoms with van der Waals surface area (Å²) >= 11 is 0. The molecule has 0 aromatic heterocycles. The monoisotopic (exact) mass is 270 g/mol. The summed E-state index contributed by atoms with van der Waals surface area (Å²) in [5.41, 5.74) is -0.190. The van der Waals surface area contributed by atoms with Crippen LogP contribution < -0.4 is 5.32 Å². The van der Waals surface area contributed by atoms with E-state index >= 15 is 0 Å². The topological polar surface area (TPSA) is 50.8 Å². The van der Waals surface area contributed by atoms with E-state index in [2.05, 4.69) is 19.2 Å². The molecule has 0 bridgehead atoms. The van der Waals surface area contributed by atoms with Gasteiger partial charge in [0.15, 0.2) is 0 Å². The summed E-state index contributed by atoms with van der Waals surface area (Å²) in [6.07, 6.45) is 2.91. The zero-order chi connectivity index (χ0) is 13.7. The Bertz CT molecular complexity index is 301. The molecule has 0 atom stereocenters. The van der Waals surface area contributed by atoms with Gasteiger partial charge in [-0.25, -0.2) is 0 Å². The summed E-state index contributed by atoms with van der Waals surface area (Å²) in [7, 11) is 0. The molecular weight excluding hydrogens is 244 g/mol. The molecule has 2 fully saturated rings. The van der Waals surface area contributed by atoms with Gasteiger partial charge in [-0.05, 0) is 39.8 Å². The molecule has 0 radical (unpaired) electrons. The number of amides is 1. The van der Waals surface area contributed by atoms with Crippen LogP contribution in [0.5, 0.6) is 0 Å². The highest BCUT2D eigenvalue weighted by molar-refractivity contribution is 5.77. The van der Waals surface area contributed by atoms with Crippen LogP contribution in [0.3, 0.4) is 0 Å². The Balaban J connectivity index is 1.71. The summed E-state index contributed by atoms with van der Waals surface area (Å²) in [6, 6.07) is 0. The van der Waals surface area contributed by atoms with E-state index in [0.29, 0.717) is 38.9 Å². The maximum atomic E-state index is 12.2. The number of rotatable bonds is 4. The molecule has 5 heteroatoms. The molecule has 2 rings (SSSR count). The molecule has 19 heavy (non-hydrogen) atoms. The molecule has 2 aliphatic heterocycles. The quantitative estimate of drug-likeness (QED) is 0.820. The minimum Gasteiger partial charge on any atom is -0.378 e. The number of piperidine rings is 1. The maximum absolute atomic E-state index is 12.2. The highest BCUT2D eigenvalue weighted by Crippen LogP contribution is 2.20. The van der Waals surface area contributed by atoms with Gasteiger partial charge in [0.2, 0.25) is 5.91 Å². The second kappa shape index (κ2) is 6.68. The summed E-state index contributed by atoms with van der Waals surface area (Å²) in [5.74, 6) is 0.183. The summed E-state index contributed by atoms with van der Waals surface area (Å²) in [5, 5.41) is 3.31. The van der Waals surface area contributed by atoms with E-state index in [4.69, 9.17) is 9.47 Å². The van der Waals surface area contributed by atoms with Crippen molar-refractivity contribution in [3.05, 3.63) is 0 Å². The lowest BCUT2D eigenvalue weighted by Gasteiger charge is -2.42. The van der Waals surface area contributed by atoms with Crippen molar-refractivity contribution in [2.45, 2.75) is 44.8 Å². The van der Waals surface area contributed by atoms with Crippen LogP contribution in [0.25, 0.3) is 0 Å². The van der Waals surface area contributed by atoms with E-state index in [9.17, 15) is 4.79 Å². The van der Waals surface area contributed by atoms with E-state index < -0.39 is 0 Å². The molecule has 0 spiro atoms. The lowest BCUT2D eigenvalue weighted by Crippen LogP contribution is -2.55. The molecule has 2 heterocycles. The van der Waals surface area contributed by atoms with Crippen LogP contribution in [0.2, 0.25) is 0 Å². The Morgan fingerprint density at radius 1 is 1.42 bits per heavy atom. The number of morpholine rings is 1. The maximum Gasteiger partial charge on any atom is 0.225 e. The SMILES string of the molecule is CC1(C)COCCN1C(=O)CCOC1CCNCC1. The first-order valence-electron chi connectivity index (χ1n) is 7.30. The van der Waals surface area contributed by atoms with E-state index in [1.54, 1.807) is 0 Å². The third-order valence-corrected chi connectivity index (χ3v) is 3.90. The number of nitrogens with one attached hydrogen (secondary N) is 1. The van der Waals surface area contributed by atoms with Crippen LogP contribution in [0.1, 0.15) is 33.1 Å². The summed E-state index contributed by atoms with van der Waals surface area (Å²) in [4.78, 5) is 14.2. The van der Waals surface area contributed by atoms with Crippen molar-refractivity contribution >= 4 is 5.91 Å². The molecule has 2 aliphatic rings. The first-order valence-corrected chi connectivity index (χ1v) is 7.30. The van der Waals surface area contributed by atoms with Gasteiger partial charge in [-0.15, -0.1) is 0 Å². The fraction of sp³-hybridized carbons (Fsp3) is 0.929. The molecular formula is C14H26N2O3. The van der Waals surface area contributed by atoms with E-state index in [0.717, 1.165) is 25.9 Å². The first-order chi connectivity index (χ1) is 9.09. The Morgan fingerprint density at radius 3 is 2.84 bits per heavy atom. The van der Waals surface area contributed by atoms with Gasteiger partial charge in [0.25, 0.3) is 0 Å². The second-order valence-electron chi connectivity index (χ2n) is 5.98. The fourth-order valence-electron chi connectivity index (χ4n) is 2.73. The summed E-state index contributed by atoms with van der Waals surface area (Å²) < 4.78 is 11.2. The van der Waals surface area contributed by atoms with Crippen molar-refractivity contribution in [1.82, 2.24) is 10.2 Å². The van der Waals surface area contributed by atoms with Crippen molar-refractivity contribution in [2.24, 2.45) is 0 Å². The number of hydrogen-bond donors (Lipinski definition) is 1. The Kier molecular flexibility index (Phi) is 5.19. The number of carbonyl (C=O) groups is 1. The molecule has 1 N–H and O–H groups in total. The second-order valence-corrected chi connectivity index (χ2v) is 5.98. The summed E-state index contributed by atoms with van der Waals surface area (Å²) in [6.45, 7) is 8.65. The van der Waals surface area contributed by atoms with Crippen molar-refractivity contribution < 1.29 is 14.3 Å². The van der Waals surface area contributed by atoms with Crippen molar-refractivity contribution in [1.29, 1.82) is 0 Å². The molecule has 0 unspecified atom stereocenters. The minimum atomic E-state index is -0.190. The molecule has 110 valence electrons. The van der Waals surface area contributed by atoms with Gasteiger partial charge in [-0.3, -0.25) is 4.79 Å². The van der Waals surface area contributed by atoms with E-state index in [1.807, 2.05) is 4.90 Å². The standard InChI is InChI=1S/C14H26N2O3/c1-14(2)11-18-10-8-16(14)13(17)5-9-19-12-3-6-15-7-4-12/h12,15H,3-11H2,1-2H3. The Morgan fingerprint density at radius 2 is 2.16 bits per heavy atom. The van der Waals surface area contributed by atoms with Crippen LogP contribution in [0, 0.1) is 0 Å². The molecule has 0 aliphatic carbocycles. The predicted octanol–water partition coefficient (Wildman–Crippen LogP) is 0.783. The van der Waals surface area contributed by atoms with Gasteiger partial charge >= 0.3 is 0 Å². The zero-order valence-corrected chi connectivity index (χ0v) is 12.1. The number of carbonyl (C=O) groups excluding carboxylic acids is 1.